The molecule has 0 radical (unpaired) electrons. The van der Waals surface area contributed by atoms with E-state index in [-0.39, 0.29) is 11.2 Å². The minimum atomic E-state index is -0.227. The number of hydrogen-bond acceptors (Lipinski definition) is 3. The third-order valence-corrected chi connectivity index (χ3v) is 3.02. The number of nitrogens with one attached hydrogen (secondary N) is 1. The van der Waals surface area contributed by atoms with Gasteiger partial charge in [-0.05, 0) is 57.9 Å². The highest BCUT2D eigenvalue weighted by Gasteiger charge is 2.14. The lowest BCUT2D eigenvalue weighted by molar-refractivity contribution is 0.131. The number of aromatic nitrogens is 2. The monoisotopic (exact) mass is 272 g/mol. The van der Waals surface area contributed by atoms with Gasteiger partial charge in [0.25, 0.3) is 5.56 Å². The van der Waals surface area contributed by atoms with Crippen molar-refractivity contribution in [3.05, 3.63) is 45.9 Å². The van der Waals surface area contributed by atoms with Crippen molar-refractivity contribution >= 4 is 0 Å². The molecule has 0 atom stereocenters. The smallest absolute Gasteiger partial charge is 0.267 e. The van der Waals surface area contributed by atoms with Gasteiger partial charge >= 0.3 is 0 Å². The third kappa shape index (κ3) is 3.07. The molecule has 0 bridgehead atoms. The van der Waals surface area contributed by atoms with Crippen LogP contribution >= 0.6 is 0 Å². The number of benzene rings is 1. The summed E-state index contributed by atoms with van der Waals surface area (Å²) in [4.78, 5) is 11.6. The molecular weight excluding hydrogens is 252 g/mol. The van der Waals surface area contributed by atoms with Gasteiger partial charge < -0.3 is 4.74 Å². The Morgan fingerprint density at radius 2 is 1.85 bits per heavy atom. The van der Waals surface area contributed by atoms with Gasteiger partial charge in [0, 0.05) is 11.1 Å². The average Bonchev–Trinajstić information content (AvgIpc) is 2.31. The van der Waals surface area contributed by atoms with Gasteiger partial charge in [-0.2, -0.15) is 5.10 Å². The molecule has 0 aliphatic heterocycles. The van der Waals surface area contributed by atoms with Crippen LogP contribution in [0.4, 0.5) is 0 Å². The van der Waals surface area contributed by atoms with Crippen molar-refractivity contribution in [1.29, 1.82) is 0 Å². The molecule has 2 rings (SSSR count). The Hall–Kier alpha value is -2.10. The van der Waals surface area contributed by atoms with E-state index < -0.39 is 0 Å². The quantitative estimate of drug-likeness (QED) is 0.913. The van der Waals surface area contributed by atoms with Gasteiger partial charge in [0.2, 0.25) is 0 Å². The van der Waals surface area contributed by atoms with Crippen molar-refractivity contribution in [3.63, 3.8) is 0 Å². The topological polar surface area (TPSA) is 55.0 Å². The second-order valence-electron chi connectivity index (χ2n) is 5.93. The van der Waals surface area contributed by atoms with Gasteiger partial charge in [-0.25, -0.2) is 5.10 Å². The minimum Gasteiger partial charge on any atom is -0.488 e. The predicted molar refractivity (Wildman–Crippen MR) is 80.1 cm³/mol. The molecule has 0 saturated carbocycles. The molecule has 4 nitrogen and oxygen atoms in total. The molecule has 1 aromatic heterocycles. The standard InChI is InChI=1S/C16H20N2O2/c1-10-8-12(20-16(3,4)5)6-7-13(10)14-9-17-18-15(19)11(14)2/h6-9H,1-5H3,(H,18,19). The fraction of sp³-hybridized carbons (Fsp3) is 0.375. The third-order valence-electron chi connectivity index (χ3n) is 3.02. The molecule has 0 aliphatic carbocycles. The van der Waals surface area contributed by atoms with Crippen molar-refractivity contribution in [2.45, 2.75) is 40.2 Å². The van der Waals surface area contributed by atoms with E-state index in [1.807, 2.05) is 45.9 Å². The summed E-state index contributed by atoms with van der Waals surface area (Å²) in [7, 11) is 0. The Balaban J connectivity index is 2.45. The van der Waals surface area contributed by atoms with E-state index >= 15 is 0 Å². The lowest BCUT2D eigenvalue weighted by Gasteiger charge is -2.22. The number of aryl methyl sites for hydroxylation is 1. The van der Waals surface area contributed by atoms with Crippen molar-refractivity contribution in [3.8, 4) is 16.9 Å². The molecule has 0 amide bonds. The maximum Gasteiger partial charge on any atom is 0.267 e. The zero-order chi connectivity index (χ0) is 14.9. The maximum atomic E-state index is 11.6. The first-order valence-electron chi connectivity index (χ1n) is 6.62. The number of H-pyrrole nitrogens is 1. The number of nitrogens with zero attached hydrogens (tertiary/aromatic N) is 1. The summed E-state index contributed by atoms with van der Waals surface area (Å²) in [6.45, 7) is 9.85. The number of hydrogen-bond donors (Lipinski definition) is 1. The van der Waals surface area contributed by atoms with Gasteiger partial charge in [0.05, 0.1) is 6.20 Å². The highest BCUT2D eigenvalue weighted by atomic mass is 16.5. The lowest BCUT2D eigenvalue weighted by Crippen LogP contribution is -2.22. The second kappa shape index (κ2) is 5.12. The summed E-state index contributed by atoms with van der Waals surface area (Å²) < 4.78 is 5.84. The van der Waals surface area contributed by atoms with Gasteiger partial charge in [0.1, 0.15) is 11.4 Å². The molecule has 0 unspecified atom stereocenters. The van der Waals surface area contributed by atoms with Crippen LogP contribution in [0, 0.1) is 13.8 Å². The van der Waals surface area contributed by atoms with Gasteiger partial charge in [-0.1, -0.05) is 6.07 Å². The summed E-state index contributed by atoms with van der Waals surface area (Å²) in [5.74, 6) is 0.828. The van der Waals surface area contributed by atoms with Crippen LogP contribution in [0.25, 0.3) is 11.1 Å². The molecule has 106 valence electrons. The van der Waals surface area contributed by atoms with E-state index in [4.69, 9.17) is 4.74 Å². The molecule has 0 saturated heterocycles. The molecule has 0 fully saturated rings. The molecule has 1 aromatic carbocycles. The molecule has 1 heterocycles. The number of aromatic amines is 1. The minimum absolute atomic E-state index is 0.156. The molecule has 1 N–H and O–H groups in total. The largest absolute Gasteiger partial charge is 0.488 e. The van der Waals surface area contributed by atoms with E-state index in [1.54, 1.807) is 13.1 Å². The molecular formula is C16H20N2O2. The Morgan fingerprint density at radius 1 is 1.15 bits per heavy atom. The van der Waals surface area contributed by atoms with Crippen LogP contribution in [0.15, 0.2) is 29.2 Å². The van der Waals surface area contributed by atoms with Crippen LogP contribution < -0.4 is 10.3 Å². The van der Waals surface area contributed by atoms with Crippen molar-refractivity contribution in [2.75, 3.05) is 0 Å². The number of rotatable bonds is 2. The summed E-state index contributed by atoms with van der Waals surface area (Å²) in [6.07, 6.45) is 1.68. The average molecular weight is 272 g/mol. The van der Waals surface area contributed by atoms with Crippen molar-refractivity contribution in [2.24, 2.45) is 0 Å². The summed E-state index contributed by atoms with van der Waals surface area (Å²) in [5, 5.41) is 6.32. The Bertz CT molecular complexity index is 682. The van der Waals surface area contributed by atoms with Crippen LogP contribution in [0.1, 0.15) is 31.9 Å². The first-order chi connectivity index (χ1) is 9.28. The molecule has 4 heteroatoms. The van der Waals surface area contributed by atoms with Gasteiger partial charge in [-0.15, -0.1) is 0 Å². The van der Waals surface area contributed by atoms with Crippen molar-refractivity contribution in [1.82, 2.24) is 10.2 Å². The first-order valence-corrected chi connectivity index (χ1v) is 6.62. The highest BCUT2D eigenvalue weighted by molar-refractivity contribution is 5.69. The molecule has 20 heavy (non-hydrogen) atoms. The Morgan fingerprint density at radius 3 is 2.45 bits per heavy atom. The number of ether oxygens (including phenoxy) is 1. The second-order valence-corrected chi connectivity index (χ2v) is 5.93. The van der Waals surface area contributed by atoms with Crippen LogP contribution in [0.5, 0.6) is 5.75 Å². The van der Waals surface area contributed by atoms with E-state index in [1.165, 1.54) is 0 Å². The SMILES string of the molecule is Cc1cc(OC(C)(C)C)ccc1-c1cn[nH]c(=O)c1C. The lowest BCUT2D eigenvalue weighted by atomic mass is 9.99. The molecule has 2 aromatic rings. The Kier molecular flexibility index (Phi) is 3.66. The molecule has 0 aliphatic rings. The fourth-order valence-electron chi connectivity index (χ4n) is 2.09. The summed E-state index contributed by atoms with van der Waals surface area (Å²) in [5.41, 5.74) is 3.21. The predicted octanol–water partition coefficient (Wildman–Crippen LogP) is 3.23. The van der Waals surface area contributed by atoms with Gasteiger partial charge in [0.15, 0.2) is 0 Å². The van der Waals surface area contributed by atoms with E-state index in [0.29, 0.717) is 5.56 Å². The van der Waals surface area contributed by atoms with E-state index in [2.05, 4.69) is 10.2 Å². The van der Waals surface area contributed by atoms with Crippen LogP contribution in [-0.4, -0.2) is 15.8 Å². The van der Waals surface area contributed by atoms with Gasteiger partial charge in [-0.3, -0.25) is 4.79 Å². The highest BCUT2D eigenvalue weighted by Crippen LogP contribution is 2.28. The summed E-state index contributed by atoms with van der Waals surface area (Å²) >= 11 is 0. The normalized spacial score (nSPS) is 11.4. The zero-order valence-corrected chi connectivity index (χ0v) is 12.6. The van der Waals surface area contributed by atoms with E-state index in [0.717, 1.165) is 22.4 Å². The van der Waals surface area contributed by atoms with Crippen LogP contribution in [0.2, 0.25) is 0 Å². The first kappa shape index (κ1) is 14.3. The Labute approximate surface area is 118 Å². The maximum absolute atomic E-state index is 11.6. The molecule has 0 spiro atoms. The fourth-order valence-corrected chi connectivity index (χ4v) is 2.09. The van der Waals surface area contributed by atoms with E-state index in [9.17, 15) is 4.79 Å². The zero-order valence-electron chi connectivity index (χ0n) is 12.6. The van der Waals surface area contributed by atoms with Crippen LogP contribution in [0.3, 0.4) is 0 Å². The summed E-state index contributed by atoms with van der Waals surface area (Å²) in [6, 6.07) is 5.88. The van der Waals surface area contributed by atoms with Crippen molar-refractivity contribution < 1.29 is 4.74 Å². The van der Waals surface area contributed by atoms with Crippen LogP contribution in [-0.2, 0) is 0 Å².